The SMILES string of the molecule is CCn1nc(-c2ccccc2OC)cc(CCC(=O)O)c1=O. The van der Waals surface area contributed by atoms with Gasteiger partial charge in [-0.05, 0) is 31.5 Å². The number of carbonyl (C=O) groups is 1. The summed E-state index contributed by atoms with van der Waals surface area (Å²) < 4.78 is 6.67. The molecule has 0 aliphatic carbocycles. The summed E-state index contributed by atoms with van der Waals surface area (Å²) >= 11 is 0. The molecule has 1 N–H and O–H groups in total. The average molecular weight is 302 g/mol. The van der Waals surface area contributed by atoms with Crippen LogP contribution in [0.4, 0.5) is 0 Å². The van der Waals surface area contributed by atoms with Crippen LogP contribution in [-0.2, 0) is 17.8 Å². The van der Waals surface area contributed by atoms with Crippen molar-refractivity contribution in [3.8, 4) is 17.0 Å². The van der Waals surface area contributed by atoms with E-state index in [4.69, 9.17) is 9.84 Å². The summed E-state index contributed by atoms with van der Waals surface area (Å²) in [5, 5.41) is 13.2. The Morgan fingerprint density at radius 1 is 1.36 bits per heavy atom. The van der Waals surface area contributed by atoms with Crippen LogP contribution in [-0.4, -0.2) is 28.0 Å². The van der Waals surface area contributed by atoms with E-state index < -0.39 is 5.97 Å². The maximum Gasteiger partial charge on any atom is 0.303 e. The summed E-state index contributed by atoms with van der Waals surface area (Å²) in [7, 11) is 1.57. The van der Waals surface area contributed by atoms with Gasteiger partial charge in [0.2, 0.25) is 0 Å². The number of carboxylic acids is 1. The van der Waals surface area contributed by atoms with Gasteiger partial charge in [0.15, 0.2) is 0 Å². The van der Waals surface area contributed by atoms with Crippen molar-refractivity contribution in [2.75, 3.05) is 7.11 Å². The van der Waals surface area contributed by atoms with E-state index >= 15 is 0 Å². The molecule has 0 amide bonds. The highest BCUT2D eigenvalue weighted by atomic mass is 16.5. The van der Waals surface area contributed by atoms with Gasteiger partial charge < -0.3 is 9.84 Å². The van der Waals surface area contributed by atoms with Crippen molar-refractivity contribution in [3.05, 3.63) is 46.2 Å². The van der Waals surface area contributed by atoms with Crippen LogP contribution < -0.4 is 10.3 Å². The van der Waals surface area contributed by atoms with E-state index in [1.54, 1.807) is 13.2 Å². The zero-order valence-electron chi connectivity index (χ0n) is 12.6. The lowest BCUT2D eigenvalue weighted by Crippen LogP contribution is -2.26. The smallest absolute Gasteiger partial charge is 0.303 e. The third-order valence-electron chi connectivity index (χ3n) is 3.34. The van der Waals surface area contributed by atoms with Gasteiger partial charge in [-0.3, -0.25) is 9.59 Å². The van der Waals surface area contributed by atoms with Crippen LogP contribution in [0.3, 0.4) is 0 Å². The van der Waals surface area contributed by atoms with Crippen LogP contribution in [0.1, 0.15) is 18.9 Å². The fraction of sp³-hybridized carbons (Fsp3) is 0.312. The van der Waals surface area contributed by atoms with Crippen LogP contribution in [0, 0.1) is 0 Å². The van der Waals surface area contributed by atoms with E-state index in [1.165, 1.54) is 4.68 Å². The highest BCUT2D eigenvalue weighted by molar-refractivity contribution is 5.68. The molecule has 0 unspecified atom stereocenters. The molecule has 22 heavy (non-hydrogen) atoms. The zero-order valence-corrected chi connectivity index (χ0v) is 12.6. The lowest BCUT2D eigenvalue weighted by atomic mass is 10.1. The molecule has 0 aliphatic heterocycles. The Kier molecular flexibility index (Phi) is 4.93. The predicted molar refractivity (Wildman–Crippen MR) is 82.1 cm³/mol. The van der Waals surface area contributed by atoms with Gasteiger partial charge in [0.05, 0.1) is 12.8 Å². The van der Waals surface area contributed by atoms with Crippen molar-refractivity contribution in [2.24, 2.45) is 0 Å². The van der Waals surface area contributed by atoms with E-state index in [1.807, 2.05) is 31.2 Å². The monoisotopic (exact) mass is 302 g/mol. The van der Waals surface area contributed by atoms with E-state index in [2.05, 4.69) is 5.10 Å². The number of nitrogens with zero attached hydrogens (tertiary/aromatic N) is 2. The maximum atomic E-state index is 12.2. The lowest BCUT2D eigenvalue weighted by Gasteiger charge is -2.11. The number of rotatable bonds is 6. The van der Waals surface area contributed by atoms with Crippen LogP contribution in [0.25, 0.3) is 11.3 Å². The van der Waals surface area contributed by atoms with Crippen molar-refractivity contribution in [3.63, 3.8) is 0 Å². The second kappa shape index (κ2) is 6.89. The Morgan fingerprint density at radius 2 is 2.09 bits per heavy atom. The number of para-hydroxylation sites is 1. The van der Waals surface area contributed by atoms with Gasteiger partial charge in [0, 0.05) is 24.1 Å². The molecule has 0 radical (unpaired) electrons. The predicted octanol–water partition coefficient (Wildman–Crippen LogP) is 1.96. The summed E-state index contributed by atoms with van der Waals surface area (Å²) in [6, 6.07) is 9.03. The number of benzene rings is 1. The van der Waals surface area contributed by atoms with Crippen LogP contribution in [0.15, 0.2) is 35.1 Å². The van der Waals surface area contributed by atoms with Gasteiger partial charge in [0.25, 0.3) is 5.56 Å². The molecule has 6 heteroatoms. The molecule has 2 aromatic rings. The minimum Gasteiger partial charge on any atom is -0.496 e. The molecule has 1 aromatic carbocycles. The lowest BCUT2D eigenvalue weighted by molar-refractivity contribution is -0.136. The van der Waals surface area contributed by atoms with E-state index in [0.717, 1.165) is 5.56 Å². The molecule has 1 aromatic heterocycles. The van der Waals surface area contributed by atoms with Crippen molar-refractivity contribution in [2.45, 2.75) is 26.3 Å². The molecule has 0 bridgehead atoms. The highest BCUT2D eigenvalue weighted by Crippen LogP contribution is 2.27. The molecule has 0 saturated heterocycles. The van der Waals surface area contributed by atoms with Crippen molar-refractivity contribution < 1.29 is 14.6 Å². The summed E-state index contributed by atoms with van der Waals surface area (Å²) in [6.45, 7) is 2.24. The molecular weight excluding hydrogens is 284 g/mol. The molecule has 2 rings (SSSR count). The first kappa shape index (κ1) is 15.8. The Labute approximate surface area is 128 Å². The second-order valence-corrected chi connectivity index (χ2v) is 4.77. The fourth-order valence-electron chi connectivity index (χ4n) is 2.22. The molecule has 116 valence electrons. The highest BCUT2D eigenvalue weighted by Gasteiger charge is 2.13. The summed E-state index contributed by atoms with van der Waals surface area (Å²) in [5.41, 5.74) is 1.56. The van der Waals surface area contributed by atoms with Gasteiger partial charge in [-0.2, -0.15) is 5.10 Å². The molecule has 0 atom stereocenters. The standard InChI is InChI=1S/C16H18N2O4/c1-3-18-16(21)11(8-9-15(19)20)10-13(17-18)12-6-4-5-7-14(12)22-2/h4-7,10H,3,8-9H2,1-2H3,(H,19,20). The van der Waals surface area contributed by atoms with Crippen LogP contribution >= 0.6 is 0 Å². The number of hydrogen-bond acceptors (Lipinski definition) is 4. The van der Waals surface area contributed by atoms with Crippen LogP contribution in [0.2, 0.25) is 0 Å². The van der Waals surface area contributed by atoms with Crippen molar-refractivity contribution >= 4 is 5.97 Å². The van der Waals surface area contributed by atoms with E-state index in [0.29, 0.717) is 23.6 Å². The van der Waals surface area contributed by atoms with E-state index in [-0.39, 0.29) is 18.4 Å². The minimum atomic E-state index is -0.932. The topological polar surface area (TPSA) is 81.4 Å². The third-order valence-corrected chi connectivity index (χ3v) is 3.34. The number of carboxylic acid groups (broad SMARTS) is 1. The average Bonchev–Trinajstić information content (AvgIpc) is 2.53. The van der Waals surface area contributed by atoms with Gasteiger partial charge in [-0.15, -0.1) is 0 Å². The zero-order chi connectivity index (χ0) is 16.1. The van der Waals surface area contributed by atoms with Crippen molar-refractivity contribution in [1.29, 1.82) is 0 Å². The summed E-state index contributed by atoms with van der Waals surface area (Å²) in [4.78, 5) is 23.0. The summed E-state index contributed by atoms with van der Waals surface area (Å²) in [6.07, 6.45) is 0.0904. The molecular formula is C16H18N2O4. The first-order valence-electron chi connectivity index (χ1n) is 7.03. The number of methoxy groups -OCH3 is 1. The Balaban J connectivity index is 2.54. The van der Waals surface area contributed by atoms with Gasteiger partial charge in [-0.25, -0.2) is 4.68 Å². The number of aliphatic carboxylic acids is 1. The Bertz CT molecular complexity index is 737. The quantitative estimate of drug-likeness (QED) is 0.882. The van der Waals surface area contributed by atoms with Gasteiger partial charge in [-0.1, -0.05) is 12.1 Å². The second-order valence-electron chi connectivity index (χ2n) is 4.77. The number of aromatic nitrogens is 2. The van der Waals surface area contributed by atoms with Crippen molar-refractivity contribution in [1.82, 2.24) is 9.78 Å². The molecule has 6 nitrogen and oxygen atoms in total. The van der Waals surface area contributed by atoms with Crippen LogP contribution in [0.5, 0.6) is 5.75 Å². The molecule has 0 saturated carbocycles. The first-order chi connectivity index (χ1) is 10.6. The third kappa shape index (κ3) is 3.33. The molecule has 0 fully saturated rings. The Hall–Kier alpha value is -2.63. The largest absolute Gasteiger partial charge is 0.496 e. The van der Waals surface area contributed by atoms with Gasteiger partial charge in [0.1, 0.15) is 5.75 Å². The Morgan fingerprint density at radius 3 is 2.73 bits per heavy atom. The minimum absolute atomic E-state index is 0.0890. The molecule has 0 aliphatic rings. The van der Waals surface area contributed by atoms with E-state index in [9.17, 15) is 9.59 Å². The summed E-state index contributed by atoms with van der Waals surface area (Å²) in [5.74, 6) is -0.279. The normalized spacial score (nSPS) is 10.5. The number of hydrogen-bond donors (Lipinski definition) is 1. The fourth-order valence-corrected chi connectivity index (χ4v) is 2.22. The maximum absolute atomic E-state index is 12.2. The number of ether oxygens (including phenoxy) is 1. The first-order valence-corrected chi connectivity index (χ1v) is 7.03. The van der Waals surface area contributed by atoms with Gasteiger partial charge >= 0.3 is 5.97 Å². The molecule has 1 heterocycles. The number of aryl methyl sites for hydroxylation is 2. The molecule has 0 spiro atoms.